The van der Waals surface area contributed by atoms with E-state index < -0.39 is 0 Å². The molecule has 0 aliphatic heterocycles. The van der Waals surface area contributed by atoms with Crippen LogP contribution in [-0.4, -0.2) is 27.8 Å². The predicted molar refractivity (Wildman–Crippen MR) is 97.2 cm³/mol. The van der Waals surface area contributed by atoms with E-state index in [0.717, 1.165) is 29.2 Å². The van der Waals surface area contributed by atoms with Gasteiger partial charge in [0.15, 0.2) is 5.16 Å². The standard InChI is InChI=1S/C17H19N3OS2/c1-2-20-15-8-4-3-7-14(15)19-17(20)23-12-16(21)18-10-9-13-6-5-11-22-13/h3-8,11H,2,9-10,12H2,1H3,(H,18,21). The molecular weight excluding hydrogens is 326 g/mol. The highest BCUT2D eigenvalue weighted by Gasteiger charge is 2.11. The average molecular weight is 345 g/mol. The van der Waals surface area contributed by atoms with Crippen molar-refractivity contribution in [1.29, 1.82) is 0 Å². The van der Waals surface area contributed by atoms with Crippen molar-refractivity contribution in [3.05, 3.63) is 46.7 Å². The molecule has 3 rings (SSSR count). The lowest BCUT2D eigenvalue weighted by Gasteiger charge is -2.06. The van der Waals surface area contributed by atoms with Crippen molar-refractivity contribution in [3.8, 4) is 0 Å². The van der Waals surface area contributed by atoms with Gasteiger partial charge < -0.3 is 9.88 Å². The second-order valence-corrected chi connectivity index (χ2v) is 7.07. The van der Waals surface area contributed by atoms with Crippen LogP contribution < -0.4 is 5.32 Å². The van der Waals surface area contributed by atoms with E-state index in [-0.39, 0.29) is 5.91 Å². The van der Waals surface area contributed by atoms with Crippen LogP contribution in [0.15, 0.2) is 46.9 Å². The van der Waals surface area contributed by atoms with E-state index in [1.54, 1.807) is 11.3 Å². The van der Waals surface area contributed by atoms with Gasteiger partial charge in [0.2, 0.25) is 5.91 Å². The molecule has 1 N–H and O–H groups in total. The fraction of sp³-hybridized carbons (Fsp3) is 0.294. The number of thiophene rings is 1. The van der Waals surface area contributed by atoms with Gasteiger partial charge in [-0.2, -0.15) is 0 Å². The molecule has 23 heavy (non-hydrogen) atoms. The third-order valence-electron chi connectivity index (χ3n) is 3.54. The molecule has 2 aromatic heterocycles. The van der Waals surface area contributed by atoms with E-state index in [2.05, 4.69) is 39.3 Å². The molecule has 1 amide bonds. The number of thioether (sulfide) groups is 1. The van der Waals surface area contributed by atoms with Crippen LogP contribution in [-0.2, 0) is 17.8 Å². The first kappa shape index (κ1) is 16.1. The first-order valence-electron chi connectivity index (χ1n) is 7.65. The number of nitrogens with zero attached hydrogens (tertiary/aromatic N) is 2. The van der Waals surface area contributed by atoms with Crippen LogP contribution in [0.3, 0.4) is 0 Å². The number of hydrogen-bond donors (Lipinski definition) is 1. The normalized spacial score (nSPS) is 11.0. The number of aryl methyl sites for hydroxylation is 1. The number of fused-ring (bicyclic) bond motifs is 1. The molecule has 0 radical (unpaired) electrons. The Morgan fingerprint density at radius 2 is 2.17 bits per heavy atom. The predicted octanol–water partition coefficient (Wildman–Crippen LogP) is 3.57. The van der Waals surface area contributed by atoms with Crippen LogP contribution in [0.25, 0.3) is 11.0 Å². The maximum Gasteiger partial charge on any atom is 0.230 e. The lowest BCUT2D eigenvalue weighted by molar-refractivity contribution is -0.118. The molecule has 0 aliphatic rings. The summed E-state index contributed by atoms with van der Waals surface area (Å²) in [6, 6.07) is 12.2. The summed E-state index contributed by atoms with van der Waals surface area (Å²) in [6.07, 6.45) is 0.890. The number of para-hydroxylation sites is 2. The minimum absolute atomic E-state index is 0.0567. The summed E-state index contributed by atoms with van der Waals surface area (Å²) in [5.41, 5.74) is 2.10. The molecule has 6 heteroatoms. The van der Waals surface area contributed by atoms with Crippen molar-refractivity contribution in [3.63, 3.8) is 0 Å². The van der Waals surface area contributed by atoms with Crippen molar-refractivity contribution >= 4 is 40.0 Å². The van der Waals surface area contributed by atoms with Gasteiger partial charge in [-0.25, -0.2) is 4.98 Å². The van der Waals surface area contributed by atoms with Crippen molar-refractivity contribution in [2.45, 2.75) is 25.0 Å². The van der Waals surface area contributed by atoms with E-state index in [4.69, 9.17) is 0 Å². The lowest BCUT2D eigenvalue weighted by Crippen LogP contribution is -2.27. The monoisotopic (exact) mass is 345 g/mol. The topological polar surface area (TPSA) is 46.9 Å². The molecule has 1 aromatic carbocycles. The largest absolute Gasteiger partial charge is 0.355 e. The minimum Gasteiger partial charge on any atom is -0.355 e. The van der Waals surface area contributed by atoms with Gasteiger partial charge in [-0.3, -0.25) is 4.79 Å². The minimum atomic E-state index is 0.0567. The van der Waals surface area contributed by atoms with Crippen molar-refractivity contribution in [2.75, 3.05) is 12.3 Å². The molecule has 0 unspecified atom stereocenters. The van der Waals surface area contributed by atoms with Crippen LogP contribution >= 0.6 is 23.1 Å². The maximum atomic E-state index is 12.0. The Hall–Kier alpha value is -1.79. The van der Waals surface area contributed by atoms with Crippen molar-refractivity contribution in [1.82, 2.24) is 14.9 Å². The van der Waals surface area contributed by atoms with Gasteiger partial charge in [0, 0.05) is 18.0 Å². The van der Waals surface area contributed by atoms with Crippen molar-refractivity contribution < 1.29 is 4.79 Å². The molecule has 0 bridgehead atoms. The second-order valence-electron chi connectivity index (χ2n) is 5.10. The molecule has 0 spiro atoms. The first-order valence-corrected chi connectivity index (χ1v) is 9.51. The Bertz CT molecular complexity index is 780. The molecule has 0 aliphatic carbocycles. The number of benzene rings is 1. The Kier molecular flexibility index (Phi) is 5.35. The average Bonchev–Trinajstić information content (AvgIpc) is 3.19. The summed E-state index contributed by atoms with van der Waals surface area (Å²) >= 11 is 3.22. The number of rotatable bonds is 7. The molecule has 2 heterocycles. The number of nitrogens with one attached hydrogen (secondary N) is 1. The number of hydrogen-bond acceptors (Lipinski definition) is 4. The van der Waals surface area contributed by atoms with Gasteiger partial charge in [-0.15, -0.1) is 11.3 Å². The third kappa shape index (κ3) is 3.95. The number of carbonyl (C=O) groups is 1. The molecule has 4 nitrogen and oxygen atoms in total. The summed E-state index contributed by atoms with van der Waals surface area (Å²) in [6.45, 7) is 3.63. The van der Waals surface area contributed by atoms with Gasteiger partial charge in [0.25, 0.3) is 0 Å². The zero-order valence-electron chi connectivity index (χ0n) is 13.0. The highest BCUT2D eigenvalue weighted by Crippen LogP contribution is 2.23. The summed E-state index contributed by atoms with van der Waals surface area (Å²) in [5.74, 6) is 0.453. The SMILES string of the molecule is CCn1c(SCC(=O)NCCc2cccs2)nc2ccccc21. The molecule has 0 saturated carbocycles. The highest BCUT2D eigenvalue weighted by atomic mass is 32.2. The van der Waals surface area contributed by atoms with E-state index >= 15 is 0 Å². The van der Waals surface area contributed by atoms with Crippen LogP contribution in [0, 0.1) is 0 Å². The Labute approximate surface area is 143 Å². The number of imidazole rings is 1. The molecule has 0 atom stereocenters. The van der Waals surface area contributed by atoms with E-state index in [9.17, 15) is 4.79 Å². The molecule has 0 fully saturated rings. The van der Waals surface area contributed by atoms with Gasteiger partial charge in [-0.05, 0) is 36.9 Å². The Balaban J connectivity index is 1.54. The van der Waals surface area contributed by atoms with E-state index in [1.165, 1.54) is 16.6 Å². The van der Waals surface area contributed by atoms with Gasteiger partial charge in [-0.1, -0.05) is 30.0 Å². The molecule has 0 saturated heterocycles. The number of carbonyl (C=O) groups excluding carboxylic acids is 1. The van der Waals surface area contributed by atoms with Crippen LogP contribution in [0.1, 0.15) is 11.8 Å². The molecular formula is C17H19N3OS2. The number of amides is 1. The van der Waals surface area contributed by atoms with Crippen molar-refractivity contribution in [2.24, 2.45) is 0 Å². The summed E-state index contributed by atoms with van der Waals surface area (Å²) in [4.78, 5) is 17.9. The van der Waals surface area contributed by atoms with E-state index in [1.807, 2.05) is 24.3 Å². The molecule has 120 valence electrons. The summed E-state index contributed by atoms with van der Waals surface area (Å²) in [5, 5.41) is 5.93. The Morgan fingerprint density at radius 3 is 2.96 bits per heavy atom. The van der Waals surface area contributed by atoms with E-state index in [0.29, 0.717) is 12.3 Å². The van der Waals surface area contributed by atoms with Crippen LogP contribution in [0.2, 0.25) is 0 Å². The second kappa shape index (κ2) is 7.66. The summed E-state index contributed by atoms with van der Waals surface area (Å²) in [7, 11) is 0. The zero-order valence-corrected chi connectivity index (χ0v) is 14.6. The smallest absolute Gasteiger partial charge is 0.230 e. The first-order chi connectivity index (χ1) is 11.3. The fourth-order valence-corrected chi connectivity index (χ4v) is 4.05. The fourth-order valence-electron chi connectivity index (χ4n) is 2.43. The quantitative estimate of drug-likeness (QED) is 0.666. The summed E-state index contributed by atoms with van der Waals surface area (Å²) < 4.78 is 2.15. The number of aromatic nitrogens is 2. The van der Waals surface area contributed by atoms with Gasteiger partial charge in [0.05, 0.1) is 16.8 Å². The third-order valence-corrected chi connectivity index (χ3v) is 5.45. The van der Waals surface area contributed by atoms with Gasteiger partial charge >= 0.3 is 0 Å². The zero-order chi connectivity index (χ0) is 16.1. The van der Waals surface area contributed by atoms with Crippen LogP contribution in [0.4, 0.5) is 0 Å². The van der Waals surface area contributed by atoms with Gasteiger partial charge in [0.1, 0.15) is 0 Å². The lowest BCUT2D eigenvalue weighted by atomic mass is 10.3. The highest BCUT2D eigenvalue weighted by molar-refractivity contribution is 7.99. The Morgan fingerprint density at radius 1 is 1.30 bits per heavy atom. The van der Waals surface area contributed by atoms with Crippen LogP contribution in [0.5, 0.6) is 0 Å². The maximum absolute atomic E-state index is 12.0. The molecule has 3 aromatic rings.